The summed E-state index contributed by atoms with van der Waals surface area (Å²) in [7, 11) is 0. The Morgan fingerprint density at radius 2 is 1.84 bits per heavy atom. The minimum Gasteiger partial charge on any atom is -0.267 e. The first-order valence-corrected chi connectivity index (χ1v) is 9.74. The molecule has 4 rings (SSSR count). The Morgan fingerprint density at radius 3 is 2.53 bits per heavy atom. The highest BCUT2D eigenvalue weighted by Gasteiger charge is 2.13. The van der Waals surface area contributed by atoms with Crippen molar-refractivity contribution >= 4 is 29.4 Å². The highest BCUT2D eigenvalue weighted by molar-refractivity contribution is 6.32. The van der Waals surface area contributed by atoms with Crippen molar-refractivity contribution < 1.29 is 9.72 Å². The number of nitrogens with one attached hydrogen (secondary N) is 1. The molecule has 0 spiro atoms. The minimum atomic E-state index is -0.497. The Balaban J connectivity index is 1.64. The van der Waals surface area contributed by atoms with E-state index in [4.69, 9.17) is 11.6 Å². The van der Waals surface area contributed by atoms with Gasteiger partial charge in [0.2, 0.25) is 0 Å². The Labute approximate surface area is 187 Å². The lowest BCUT2D eigenvalue weighted by molar-refractivity contribution is -0.384. The van der Waals surface area contributed by atoms with E-state index < -0.39 is 10.8 Å². The SMILES string of the molecule is O=C(N/N=C\c1cn(-c2ccc([N+](=O)[O-])cc2)nc1-c1ccccc1)c1cccnc1Cl. The number of carbonyl (C=O) groups excluding carboxylic acids is 1. The molecule has 0 saturated carbocycles. The molecule has 10 heteroatoms. The predicted octanol–water partition coefficient (Wildman–Crippen LogP) is 4.26. The lowest BCUT2D eigenvalue weighted by Crippen LogP contribution is -2.18. The van der Waals surface area contributed by atoms with Crippen molar-refractivity contribution in [3.8, 4) is 16.9 Å². The molecule has 32 heavy (non-hydrogen) atoms. The first-order valence-electron chi connectivity index (χ1n) is 9.37. The summed E-state index contributed by atoms with van der Waals surface area (Å²) >= 11 is 5.94. The smallest absolute Gasteiger partial charge is 0.267 e. The summed E-state index contributed by atoms with van der Waals surface area (Å²) < 4.78 is 1.59. The quantitative estimate of drug-likeness (QED) is 0.205. The maximum absolute atomic E-state index is 12.3. The van der Waals surface area contributed by atoms with E-state index in [0.717, 1.165) is 5.56 Å². The number of aromatic nitrogens is 3. The summed E-state index contributed by atoms with van der Waals surface area (Å²) in [6, 6.07) is 18.6. The largest absolute Gasteiger partial charge is 0.274 e. The molecule has 158 valence electrons. The zero-order valence-corrected chi connectivity index (χ0v) is 17.2. The van der Waals surface area contributed by atoms with E-state index in [-0.39, 0.29) is 16.4 Å². The molecule has 0 fully saturated rings. The number of carbonyl (C=O) groups is 1. The van der Waals surface area contributed by atoms with Crippen molar-refractivity contribution in [2.75, 3.05) is 0 Å². The number of nitro groups is 1. The normalized spacial score (nSPS) is 10.9. The molecule has 2 aromatic heterocycles. The molecular formula is C22H15ClN6O3. The van der Waals surface area contributed by atoms with Crippen molar-refractivity contribution in [3.05, 3.63) is 106 Å². The van der Waals surface area contributed by atoms with E-state index in [1.807, 2.05) is 30.3 Å². The van der Waals surface area contributed by atoms with Crippen LogP contribution in [-0.2, 0) is 0 Å². The first kappa shape index (κ1) is 20.9. The van der Waals surface area contributed by atoms with Crippen LogP contribution < -0.4 is 5.43 Å². The number of pyridine rings is 1. The van der Waals surface area contributed by atoms with Crippen molar-refractivity contribution in [1.29, 1.82) is 0 Å². The molecular weight excluding hydrogens is 432 g/mol. The molecule has 0 aliphatic rings. The van der Waals surface area contributed by atoms with Crippen LogP contribution >= 0.6 is 11.6 Å². The number of hydrogen-bond acceptors (Lipinski definition) is 6. The average molecular weight is 447 g/mol. The molecule has 2 aromatic carbocycles. The van der Waals surface area contributed by atoms with Gasteiger partial charge in [-0.1, -0.05) is 41.9 Å². The number of nitrogens with zero attached hydrogens (tertiary/aromatic N) is 5. The van der Waals surface area contributed by atoms with Crippen molar-refractivity contribution in [2.24, 2.45) is 5.10 Å². The summed E-state index contributed by atoms with van der Waals surface area (Å²) in [4.78, 5) is 26.6. The Morgan fingerprint density at radius 1 is 1.09 bits per heavy atom. The van der Waals surface area contributed by atoms with Crippen LogP contribution in [0, 0.1) is 10.1 Å². The standard InChI is InChI=1S/C22H15ClN6O3/c23-21-19(7-4-12-24-21)22(30)26-25-13-16-14-28(17-8-10-18(11-9-17)29(31)32)27-20(16)15-5-2-1-3-6-15/h1-14H,(H,26,30)/b25-13-. The fourth-order valence-corrected chi connectivity index (χ4v) is 3.14. The second-order valence-electron chi connectivity index (χ2n) is 6.56. The van der Waals surface area contributed by atoms with E-state index in [1.165, 1.54) is 24.5 Å². The number of benzene rings is 2. The van der Waals surface area contributed by atoms with E-state index >= 15 is 0 Å². The first-order chi connectivity index (χ1) is 15.5. The number of rotatable bonds is 6. The highest BCUT2D eigenvalue weighted by Crippen LogP contribution is 2.23. The number of non-ortho nitro benzene ring substituents is 1. The molecule has 1 N–H and O–H groups in total. The summed E-state index contributed by atoms with van der Waals surface area (Å²) in [6.45, 7) is 0. The van der Waals surface area contributed by atoms with Gasteiger partial charge < -0.3 is 0 Å². The number of nitro benzene ring substituents is 1. The molecule has 1 amide bonds. The molecule has 0 aliphatic carbocycles. The minimum absolute atomic E-state index is 0.0113. The van der Waals surface area contributed by atoms with Crippen LogP contribution in [0.25, 0.3) is 16.9 Å². The summed E-state index contributed by atoms with van der Waals surface area (Å²) in [6.07, 6.45) is 4.68. The lowest BCUT2D eigenvalue weighted by atomic mass is 10.1. The Bertz CT molecular complexity index is 1300. The van der Waals surface area contributed by atoms with Crippen LogP contribution in [0.1, 0.15) is 15.9 Å². The molecule has 0 bridgehead atoms. The van der Waals surface area contributed by atoms with Crippen LogP contribution in [0.3, 0.4) is 0 Å². The zero-order valence-electron chi connectivity index (χ0n) is 16.4. The van der Waals surface area contributed by atoms with Gasteiger partial charge in [0.1, 0.15) is 10.8 Å². The predicted molar refractivity (Wildman–Crippen MR) is 120 cm³/mol. The second-order valence-corrected chi connectivity index (χ2v) is 6.92. The van der Waals surface area contributed by atoms with Gasteiger partial charge in [0.25, 0.3) is 11.6 Å². The van der Waals surface area contributed by atoms with Gasteiger partial charge in [-0.15, -0.1) is 0 Å². The Hall–Kier alpha value is -4.37. The van der Waals surface area contributed by atoms with Gasteiger partial charge >= 0.3 is 0 Å². The number of hydrogen-bond donors (Lipinski definition) is 1. The molecule has 0 atom stereocenters. The van der Waals surface area contributed by atoms with E-state index in [9.17, 15) is 14.9 Å². The van der Waals surface area contributed by atoms with Gasteiger partial charge in [-0.2, -0.15) is 10.2 Å². The third-order valence-electron chi connectivity index (χ3n) is 4.49. The van der Waals surface area contributed by atoms with Gasteiger partial charge in [-0.25, -0.2) is 15.1 Å². The van der Waals surface area contributed by atoms with Gasteiger partial charge in [0, 0.05) is 35.7 Å². The summed E-state index contributed by atoms with van der Waals surface area (Å²) in [5, 5.41) is 19.6. The maximum Gasteiger partial charge on any atom is 0.274 e. The van der Waals surface area contributed by atoms with Gasteiger partial charge in [-0.3, -0.25) is 14.9 Å². The van der Waals surface area contributed by atoms with Crippen LogP contribution in [0.5, 0.6) is 0 Å². The van der Waals surface area contributed by atoms with Crippen molar-refractivity contribution in [2.45, 2.75) is 0 Å². The van der Waals surface area contributed by atoms with E-state index in [0.29, 0.717) is 16.9 Å². The van der Waals surface area contributed by atoms with Crippen molar-refractivity contribution in [3.63, 3.8) is 0 Å². The fraction of sp³-hybridized carbons (Fsp3) is 0. The summed E-state index contributed by atoms with van der Waals surface area (Å²) in [5.41, 5.74) is 5.36. The third kappa shape index (κ3) is 4.52. The van der Waals surface area contributed by atoms with Gasteiger partial charge in [0.15, 0.2) is 0 Å². The molecule has 2 heterocycles. The maximum atomic E-state index is 12.3. The molecule has 0 radical (unpaired) electrons. The number of halogens is 1. The van der Waals surface area contributed by atoms with Crippen LogP contribution in [0.4, 0.5) is 5.69 Å². The average Bonchev–Trinajstić information content (AvgIpc) is 3.24. The number of amides is 1. The topological polar surface area (TPSA) is 115 Å². The summed E-state index contributed by atoms with van der Waals surface area (Å²) in [5.74, 6) is -0.497. The molecule has 0 aliphatic heterocycles. The van der Waals surface area contributed by atoms with Crippen LogP contribution in [0.2, 0.25) is 5.15 Å². The Kier molecular flexibility index (Phi) is 6.00. The third-order valence-corrected chi connectivity index (χ3v) is 4.79. The van der Waals surface area contributed by atoms with Crippen LogP contribution in [0.15, 0.2) is 84.2 Å². The molecule has 4 aromatic rings. The zero-order chi connectivity index (χ0) is 22.5. The van der Waals surface area contributed by atoms with E-state index in [2.05, 4.69) is 20.6 Å². The highest BCUT2D eigenvalue weighted by atomic mass is 35.5. The van der Waals surface area contributed by atoms with Gasteiger partial charge in [0.05, 0.1) is 22.4 Å². The monoisotopic (exact) mass is 446 g/mol. The van der Waals surface area contributed by atoms with Gasteiger partial charge in [-0.05, 0) is 24.3 Å². The van der Waals surface area contributed by atoms with Crippen molar-refractivity contribution in [1.82, 2.24) is 20.2 Å². The van der Waals surface area contributed by atoms with E-state index in [1.54, 1.807) is 35.1 Å². The lowest BCUT2D eigenvalue weighted by Gasteiger charge is -2.01. The second kappa shape index (κ2) is 9.19. The number of hydrazone groups is 1. The fourth-order valence-electron chi connectivity index (χ4n) is 2.94. The van der Waals surface area contributed by atoms with Crippen LogP contribution in [-0.4, -0.2) is 31.8 Å². The molecule has 0 unspecified atom stereocenters. The molecule has 0 saturated heterocycles. The molecule has 9 nitrogen and oxygen atoms in total.